The van der Waals surface area contributed by atoms with Gasteiger partial charge >= 0.3 is 0 Å². The summed E-state index contributed by atoms with van der Waals surface area (Å²) in [7, 11) is 0. The average Bonchev–Trinajstić information content (AvgIpc) is 3.50. The van der Waals surface area contributed by atoms with Crippen molar-refractivity contribution in [3.63, 3.8) is 0 Å². The van der Waals surface area contributed by atoms with Gasteiger partial charge in [0.2, 0.25) is 0 Å². The Kier molecular flexibility index (Phi) is 2.80. The SMILES string of the molecule is C1=CC2CC1C1CC3(c4ccccc4)C4CCC(C4)C3(C3CCCC3)C21. The van der Waals surface area contributed by atoms with E-state index in [-0.39, 0.29) is 0 Å². The third-order valence-electron chi connectivity index (χ3n) is 10.6. The van der Waals surface area contributed by atoms with Crippen LogP contribution in [0.25, 0.3) is 0 Å². The lowest BCUT2D eigenvalue weighted by atomic mass is 9.46. The van der Waals surface area contributed by atoms with Gasteiger partial charge in [0.15, 0.2) is 0 Å². The Bertz CT molecular complexity index is 756. The topological polar surface area (TPSA) is 0 Å². The van der Waals surface area contributed by atoms with E-state index in [4.69, 9.17) is 0 Å². The van der Waals surface area contributed by atoms with Gasteiger partial charge in [0.1, 0.15) is 0 Å². The molecule has 0 heterocycles. The van der Waals surface area contributed by atoms with Crippen LogP contribution in [0.3, 0.4) is 0 Å². The molecular weight excluding hydrogens is 312 g/mol. The highest BCUT2D eigenvalue weighted by molar-refractivity contribution is 5.42. The zero-order valence-corrected chi connectivity index (χ0v) is 15.9. The molecule has 5 saturated carbocycles. The maximum Gasteiger partial charge on any atom is 0.00489 e. The molecule has 6 aliphatic rings. The Morgan fingerprint density at radius 2 is 1.50 bits per heavy atom. The molecule has 5 fully saturated rings. The molecule has 1 aromatic carbocycles. The van der Waals surface area contributed by atoms with E-state index in [0.29, 0.717) is 10.8 Å². The minimum Gasteiger partial charge on any atom is -0.0848 e. The highest BCUT2D eigenvalue weighted by Crippen LogP contribution is 2.83. The highest BCUT2D eigenvalue weighted by Gasteiger charge is 2.79. The highest BCUT2D eigenvalue weighted by atomic mass is 14.8. The van der Waals surface area contributed by atoms with Gasteiger partial charge in [-0.15, -0.1) is 0 Å². The zero-order valence-electron chi connectivity index (χ0n) is 15.9. The molecule has 0 radical (unpaired) electrons. The first-order chi connectivity index (χ1) is 12.9. The maximum absolute atomic E-state index is 2.68. The van der Waals surface area contributed by atoms with E-state index in [1.807, 2.05) is 0 Å². The second-order valence-electron chi connectivity index (χ2n) is 10.8. The first kappa shape index (κ1) is 14.9. The summed E-state index contributed by atoms with van der Waals surface area (Å²) in [6, 6.07) is 12.0. The summed E-state index contributed by atoms with van der Waals surface area (Å²) >= 11 is 0. The first-order valence-electron chi connectivity index (χ1n) is 11.6. The van der Waals surface area contributed by atoms with Crippen LogP contribution in [-0.4, -0.2) is 0 Å². The Morgan fingerprint density at radius 3 is 2.35 bits per heavy atom. The summed E-state index contributed by atoms with van der Waals surface area (Å²) in [5, 5.41) is 0. The largest absolute Gasteiger partial charge is 0.0848 e. The molecule has 0 aromatic heterocycles. The van der Waals surface area contributed by atoms with Crippen molar-refractivity contribution in [2.75, 3.05) is 0 Å². The average molecular weight is 345 g/mol. The van der Waals surface area contributed by atoms with Gasteiger partial charge in [-0.25, -0.2) is 0 Å². The first-order valence-corrected chi connectivity index (χ1v) is 11.6. The fourth-order valence-corrected chi connectivity index (χ4v) is 10.5. The molecule has 0 aliphatic heterocycles. The number of benzene rings is 1. The van der Waals surface area contributed by atoms with Crippen molar-refractivity contribution in [1.82, 2.24) is 0 Å². The molecule has 0 saturated heterocycles. The molecule has 0 nitrogen and oxygen atoms in total. The van der Waals surface area contributed by atoms with Crippen molar-refractivity contribution in [1.29, 1.82) is 0 Å². The normalized spacial score (nSPS) is 53.5. The summed E-state index contributed by atoms with van der Waals surface area (Å²) in [6.45, 7) is 0. The van der Waals surface area contributed by atoms with Crippen molar-refractivity contribution >= 4 is 0 Å². The lowest BCUT2D eigenvalue weighted by Crippen LogP contribution is -2.54. The van der Waals surface area contributed by atoms with E-state index < -0.39 is 0 Å². The summed E-state index contributed by atoms with van der Waals surface area (Å²) in [4.78, 5) is 0. The standard InChI is InChI=1S/C26H32/c1-2-6-19(7-3-1)25-16-23-17-10-11-18(14-17)24(23)26(25,20-8-4-5-9-20)22-13-12-21(25)15-22/h1-3,6-7,10-11,17-18,20-24H,4-5,8-9,12-16H2. The van der Waals surface area contributed by atoms with Gasteiger partial charge in [0, 0.05) is 5.41 Å². The van der Waals surface area contributed by atoms with Crippen LogP contribution in [0.1, 0.15) is 63.4 Å². The van der Waals surface area contributed by atoms with E-state index in [9.17, 15) is 0 Å². The second-order valence-corrected chi connectivity index (χ2v) is 10.8. The van der Waals surface area contributed by atoms with Crippen LogP contribution in [0.15, 0.2) is 42.5 Å². The van der Waals surface area contributed by atoms with Gasteiger partial charge in [-0.3, -0.25) is 0 Å². The van der Waals surface area contributed by atoms with Crippen LogP contribution >= 0.6 is 0 Å². The van der Waals surface area contributed by atoms with Crippen molar-refractivity contribution in [2.45, 2.75) is 63.2 Å². The quantitative estimate of drug-likeness (QED) is 0.547. The van der Waals surface area contributed by atoms with E-state index in [2.05, 4.69) is 42.5 Å². The number of hydrogen-bond acceptors (Lipinski definition) is 0. The van der Waals surface area contributed by atoms with Crippen molar-refractivity contribution < 1.29 is 0 Å². The number of fused-ring (bicyclic) bond motifs is 11. The number of rotatable bonds is 2. The van der Waals surface area contributed by atoms with E-state index in [0.717, 1.165) is 41.4 Å². The van der Waals surface area contributed by atoms with Gasteiger partial charge in [0.25, 0.3) is 0 Å². The molecule has 0 N–H and O–H groups in total. The fourth-order valence-electron chi connectivity index (χ4n) is 10.5. The second kappa shape index (κ2) is 4.86. The molecule has 0 amide bonds. The van der Waals surface area contributed by atoms with Gasteiger partial charge in [-0.1, -0.05) is 55.3 Å². The molecule has 1 aromatic rings. The third kappa shape index (κ3) is 1.43. The lowest BCUT2D eigenvalue weighted by molar-refractivity contribution is -0.0426. The molecule has 6 aliphatic carbocycles. The van der Waals surface area contributed by atoms with Gasteiger partial charge in [0.05, 0.1) is 0 Å². The predicted molar refractivity (Wildman–Crippen MR) is 106 cm³/mol. The Hall–Kier alpha value is -1.04. The molecule has 0 heteroatoms. The molecule has 7 rings (SSSR count). The van der Waals surface area contributed by atoms with Crippen LogP contribution in [0.4, 0.5) is 0 Å². The minimum atomic E-state index is 0.532. The monoisotopic (exact) mass is 344 g/mol. The maximum atomic E-state index is 2.68. The molecule has 0 spiro atoms. The minimum absolute atomic E-state index is 0.532. The smallest absolute Gasteiger partial charge is 0.00489 e. The van der Waals surface area contributed by atoms with Gasteiger partial charge < -0.3 is 0 Å². The zero-order chi connectivity index (χ0) is 16.9. The Morgan fingerprint density at radius 1 is 0.731 bits per heavy atom. The third-order valence-corrected chi connectivity index (χ3v) is 10.6. The van der Waals surface area contributed by atoms with Crippen LogP contribution < -0.4 is 0 Å². The van der Waals surface area contributed by atoms with E-state index in [1.165, 1.54) is 32.1 Å². The predicted octanol–water partition coefficient (Wildman–Crippen LogP) is 6.37. The fraction of sp³-hybridized carbons (Fsp3) is 0.692. The van der Waals surface area contributed by atoms with E-state index in [1.54, 1.807) is 31.2 Å². The van der Waals surface area contributed by atoms with Crippen molar-refractivity contribution in [3.8, 4) is 0 Å². The number of allylic oxidation sites excluding steroid dienone is 2. The molecule has 26 heavy (non-hydrogen) atoms. The molecule has 136 valence electrons. The van der Waals surface area contributed by atoms with Crippen LogP contribution in [-0.2, 0) is 5.41 Å². The molecular formula is C26H32. The molecule has 8 unspecified atom stereocenters. The molecule has 8 atom stereocenters. The van der Waals surface area contributed by atoms with Gasteiger partial charge in [-0.05, 0) is 97.3 Å². The van der Waals surface area contributed by atoms with Crippen LogP contribution in [0, 0.1) is 46.8 Å². The lowest BCUT2D eigenvalue weighted by Gasteiger charge is -2.57. The van der Waals surface area contributed by atoms with E-state index >= 15 is 0 Å². The Balaban J connectivity index is 1.51. The summed E-state index contributed by atoms with van der Waals surface area (Å²) in [5.41, 5.74) is 2.94. The van der Waals surface area contributed by atoms with Crippen molar-refractivity contribution in [2.24, 2.45) is 46.8 Å². The summed E-state index contributed by atoms with van der Waals surface area (Å²) in [6.07, 6.45) is 19.1. The van der Waals surface area contributed by atoms with Crippen molar-refractivity contribution in [3.05, 3.63) is 48.0 Å². The Labute approximate surface area is 158 Å². The van der Waals surface area contributed by atoms with Gasteiger partial charge in [-0.2, -0.15) is 0 Å². The van der Waals surface area contributed by atoms with Crippen LogP contribution in [0.5, 0.6) is 0 Å². The number of hydrogen-bond donors (Lipinski definition) is 0. The summed E-state index contributed by atoms with van der Waals surface area (Å²) < 4.78 is 0. The summed E-state index contributed by atoms with van der Waals surface area (Å²) in [5.74, 6) is 6.94. The molecule has 4 bridgehead atoms. The van der Waals surface area contributed by atoms with Crippen LogP contribution in [0.2, 0.25) is 0 Å².